The number of nitrogens with one attached hydrogen (secondary N) is 1. The van der Waals surface area contributed by atoms with Gasteiger partial charge in [0.15, 0.2) is 14.6 Å². The number of benzene rings is 1. The number of carbonyl (C=O) groups is 1. The summed E-state index contributed by atoms with van der Waals surface area (Å²) >= 11 is 5.84. The average molecular weight is 397 g/mol. The molecule has 1 aliphatic heterocycles. The molecule has 1 fully saturated rings. The molecule has 1 aliphatic carbocycles. The molecule has 1 saturated carbocycles. The Morgan fingerprint density at radius 3 is 2.27 bits per heavy atom. The molecule has 2 aliphatic rings. The molecule has 1 N–H and O–H groups in total. The number of amides is 1. The molecule has 1 amide bonds. The zero-order valence-corrected chi connectivity index (χ0v) is 16.9. The number of carbonyl (C=O) groups excluding carboxylic acids is 1. The van der Waals surface area contributed by atoms with Crippen LogP contribution in [0.25, 0.3) is 0 Å². The van der Waals surface area contributed by atoms with Crippen molar-refractivity contribution in [3.8, 4) is 0 Å². The van der Waals surface area contributed by atoms with Crippen molar-refractivity contribution >= 4 is 38.9 Å². The Morgan fingerprint density at radius 1 is 1.23 bits per heavy atom. The van der Waals surface area contributed by atoms with Crippen molar-refractivity contribution in [2.24, 2.45) is 10.5 Å². The van der Waals surface area contributed by atoms with Crippen LogP contribution in [0.15, 0.2) is 34.3 Å². The molecule has 0 atom stereocenters. The van der Waals surface area contributed by atoms with Crippen LogP contribution in [0.1, 0.15) is 40.0 Å². The average Bonchev–Trinajstić information content (AvgIpc) is 3.28. The van der Waals surface area contributed by atoms with E-state index in [1.54, 1.807) is 11.7 Å². The second-order valence-corrected chi connectivity index (χ2v) is 10.5. The van der Waals surface area contributed by atoms with Gasteiger partial charge >= 0.3 is 5.91 Å². The monoisotopic (exact) mass is 396 g/mol. The first kappa shape index (κ1) is 19.0. The molecule has 0 spiro atoms. The lowest BCUT2D eigenvalue weighted by atomic mass is 9.88. The standard InChI is InChI=1S/C18H22ClN3O3S/c1-17(2,3)14-11-15(22(4)21-14)20-16(23)18(9-10-18)26(24,25)13-7-5-12(19)6-8-13/h5-8H,9-11H2,1-4H3/p+1. The normalized spacial score (nSPS) is 19.3. The van der Waals surface area contributed by atoms with Crippen molar-refractivity contribution in [2.45, 2.75) is 49.7 Å². The van der Waals surface area contributed by atoms with Gasteiger partial charge < -0.3 is 0 Å². The predicted octanol–water partition coefficient (Wildman–Crippen LogP) is 2.61. The number of halogens is 1. The lowest BCUT2D eigenvalue weighted by Crippen LogP contribution is -2.46. The SMILES string of the molecule is C[N+]1=C(NC(=O)C2(S(=O)(=O)c3ccc(Cl)cc3)CC2)CC(C(C)(C)C)=N1. The van der Waals surface area contributed by atoms with Crippen LogP contribution in [0.5, 0.6) is 0 Å². The van der Waals surface area contributed by atoms with Crippen LogP contribution in [0, 0.1) is 5.41 Å². The second kappa shape index (κ2) is 6.16. The highest BCUT2D eigenvalue weighted by Crippen LogP contribution is 2.47. The maximum absolute atomic E-state index is 13.0. The van der Waals surface area contributed by atoms with E-state index in [2.05, 4.69) is 31.2 Å². The van der Waals surface area contributed by atoms with Crippen LogP contribution in [-0.2, 0) is 14.6 Å². The molecule has 8 heteroatoms. The van der Waals surface area contributed by atoms with Gasteiger partial charge in [-0.2, -0.15) is 0 Å². The number of hydrogen-bond acceptors (Lipinski definition) is 4. The van der Waals surface area contributed by atoms with Crippen LogP contribution in [0.3, 0.4) is 0 Å². The van der Waals surface area contributed by atoms with Crippen molar-refractivity contribution < 1.29 is 17.9 Å². The van der Waals surface area contributed by atoms with E-state index in [1.165, 1.54) is 24.3 Å². The van der Waals surface area contributed by atoms with Crippen molar-refractivity contribution in [3.05, 3.63) is 29.3 Å². The zero-order chi connectivity index (χ0) is 19.3. The number of hydrogen-bond donors (Lipinski definition) is 1. The number of sulfone groups is 1. The van der Waals surface area contributed by atoms with Crippen LogP contribution in [0.4, 0.5) is 0 Å². The Kier molecular flexibility index (Phi) is 4.51. The summed E-state index contributed by atoms with van der Waals surface area (Å²) in [6.07, 6.45) is 1.13. The van der Waals surface area contributed by atoms with E-state index in [9.17, 15) is 13.2 Å². The fourth-order valence-corrected chi connectivity index (χ4v) is 4.91. The third-order valence-electron chi connectivity index (χ3n) is 4.88. The Bertz CT molecular complexity index is 921. The first-order chi connectivity index (χ1) is 12.0. The van der Waals surface area contributed by atoms with E-state index in [-0.39, 0.29) is 10.3 Å². The molecule has 6 nitrogen and oxygen atoms in total. The first-order valence-electron chi connectivity index (χ1n) is 8.46. The summed E-state index contributed by atoms with van der Waals surface area (Å²) in [5.74, 6) is 0.122. The summed E-state index contributed by atoms with van der Waals surface area (Å²) in [6.45, 7) is 6.16. The van der Waals surface area contributed by atoms with Crippen LogP contribution in [-0.4, -0.2) is 42.4 Å². The molecular formula is C18H23ClN3O3S+. The van der Waals surface area contributed by atoms with Gasteiger partial charge in [0, 0.05) is 10.4 Å². The predicted molar refractivity (Wildman–Crippen MR) is 101 cm³/mol. The summed E-state index contributed by atoms with van der Waals surface area (Å²) < 4.78 is 26.2. The second-order valence-electron chi connectivity index (χ2n) is 7.85. The third-order valence-corrected chi connectivity index (χ3v) is 7.64. The topological polar surface area (TPSA) is 78.6 Å². The van der Waals surface area contributed by atoms with Gasteiger partial charge in [-0.15, -0.1) is 4.68 Å². The smallest absolute Gasteiger partial charge is 0.245 e. The van der Waals surface area contributed by atoms with Gasteiger partial charge in [0.1, 0.15) is 7.05 Å². The molecule has 0 aromatic heterocycles. The highest BCUT2D eigenvalue weighted by molar-refractivity contribution is 7.94. The third kappa shape index (κ3) is 3.18. The molecule has 140 valence electrons. The van der Waals surface area contributed by atoms with Gasteiger partial charge in [-0.25, -0.2) is 18.5 Å². The Hall–Kier alpha value is -1.73. The molecule has 0 radical (unpaired) electrons. The summed E-state index contributed by atoms with van der Waals surface area (Å²) in [5, 5.41) is 7.72. The molecule has 0 saturated heterocycles. The van der Waals surface area contributed by atoms with E-state index in [0.29, 0.717) is 30.1 Å². The molecule has 26 heavy (non-hydrogen) atoms. The van der Waals surface area contributed by atoms with E-state index in [4.69, 9.17) is 11.6 Å². The lowest BCUT2D eigenvalue weighted by molar-refractivity contribution is -0.501. The molecule has 1 heterocycles. The van der Waals surface area contributed by atoms with Crippen LogP contribution in [0.2, 0.25) is 5.02 Å². The maximum Gasteiger partial charge on any atom is 0.329 e. The highest BCUT2D eigenvalue weighted by Gasteiger charge is 2.63. The Balaban J connectivity index is 1.81. The van der Waals surface area contributed by atoms with E-state index in [1.807, 2.05) is 0 Å². The minimum Gasteiger partial charge on any atom is -0.245 e. The van der Waals surface area contributed by atoms with Crippen molar-refractivity contribution in [1.29, 1.82) is 0 Å². The van der Waals surface area contributed by atoms with Gasteiger partial charge in [0.2, 0.25) is 0 Å². The largest absolute Gasteiger partial charge is 0.329 e. The molecule has 3 rings (SSSR count). The summed E-state index contributed by atoms with van der Waals surface area (Å²) in [7, 11) is -2.03. The van der Waals surface area contributed by atoms with E-state index < -0.39 is 20.5 Å². The molecule has 0 bridgehead atoms. The van der Waals surface area contributed by atoms with Crippen molar-refractivity contribution in [3.63, 3.8) is 0 Å². The molecular weight excluding hydrogens is 374 g/mol. The first-order valence-corrected chi connectivity index (χ1v) is 10.3. The van der Waals surface area contributed by atoms with Gasteiger partial charge in [-0.05, 0) is 37.1 Å². The molecule has 1 aromatic carbocycles. The molecule has 1 aromatic rings. The minimum absolute atomic E-state index is 0.117. The highest BCUT2D eigenvalue weighted by atomic mass is 35.5. The van der Waals surface area contributed by atoms with Gasteiger partial charge in [0.05, 0.1) is 17.0 Å². The van der Waals surface area contributed by atoms with Gasteiger partial charge in [0.25, 0.3) is 5.84 Å². The maximum atomic E-state index is 13.0. The van der Waals surface area contributed by atoms with Crippen LogP contribution >= 0.6 is 11.6 Å². The van der Waals surface area contributed by atoms with Crippen molar-refractivity contribution in [1.82, 2.24) is 5.32 Å². The molecule has 0 unspecified atom stereocenters. The van der Waals surface area contributed by atoms with Gasteiger partial charge in [-0.1, -0.05) is 37.5 Å². The van der Waals surface area contributed by atoms with Gasteiger partial charge in [-0.3, -0.25) is 0 Å². The number of rotatable bonds is 3. The van der Waals surface area contributed by atoms with Crippen LogP contribution < -0.4 is 5.32 Å². The fraction of sp³-hybridized carbons (Fsp3) is 0.500. The van der Waals surface area contributed by atoms with Crippen molar-refractivity contribution in [2.75, 3.05) is 7.05 Å². The fourth-order valence-electron chi connectivity index (χ4n) is 2.91. The number of amidine groups is 1. The zero-order valence-electron chi connectivity index (χ0n) is 15.3. The summed E-state index contributed by atoms with van der Waals surface area (Å²) in [4.78, 5) is 13.0. The Labute approximate surface area is 158 Å². The van der Waals surface area contributed by atoms with E-state index >= 15 is 0 Å². The summed E-state index contributed by atoms with van der Waals surface area (Å²) in [5.41, 5.74) is 0.827. The lowest BCUT2D eigenvalue weighted by Gasteiger charge is -2.16. The minimum atomic E-state index is -3.78. The Morgan fingerprint density at radius 2 is 1.81 bits per heavy atom. The number of hydrazone groups is 1. The quantitative estimate of drug-likeness (QED) is 0.797. The number of nitrogens with zero attached hydrogens (tertiary/aromatic N) is 2. The summed E-state index contributed by atoms with van der Waals surface area (Å²) in [6, 6.07) is 5.93. The van der Waals surface area contributed by atoms with E-state index in [0.717, 1.165) is 5.71 Å².